The Hall–Kier alpha value is -0.220. The molecule has 4 heteroatoms. The average molecular weight is 273 g/mol. The van der Waals surface area contributed by atoms with Crippen LogP contribution >= 0.6 is 11.8 Å². The molecule has 0 aliphatic heterocycles. The van der Waals surface area contributed by atoms with Crippen molar-refractivity contribution in [3.63, 3.8) is 0 Å². The normalized spacial score (nSPS) is 18.4. The fraction of sp³-hybridized carbons (Fsp3) is 0.929. The second-order valence-electron chi connectivity index (χ2n) is 5.07. The van der Waals surface area contributed by atoms with Crippen LogP contribution in [-0.4, -0.2) is 36.7 Å². The van der Waals surface area contributed by atoms with Gasteiger partial charge in [0.1, 0.15) is 5.54 Å². The summed E-state index contributed by atoms with van der Waals surface area (Å²) in [4.78, 5) is 12.2. The van der Waals surface area contributed by atoms with Gasteiger partial charge in [-0.25, -0.2) is 0 Å². The van der Waals surface area contributed by atoms with Crippen molar-refractivity contribution in [3.8, 4) is 0 Å². The summed E-state index contributed by atoms with van der Waals surface area (Å²) in [5.74, 6) is 2.40. The highest BCUT2D eigenvalue weighted by molar-refractivity contribution is 7.99. The van der Waals surface area contributed by atoms with Crippen LogP contribution in [0.15, 0.2) is 0 Å². The lowest BCUT2D eigenvalue weighted by molar-refractivity contribution is -0.148. The molecular formula is C14H27NO2S. The van der Waals surface area contributed by atoms with E-state index in [-0.39, 0.29) is 5.97 Å². The Morgan fingerprint density at radius 2 is 2.11 bits per heavy atom. The van der Waals surface area contributed by atoms with Gasteiger partial charge in [-0.15, -0.1) is 0 Å². The molecule has 0 heterocycles. The van der Waals surface area contributed by atoms with Crippen molar-refractivity contribution >= 4 is 17.7 Å². The first-order valence-electron chi connectivity index (χ1n) is 7.12. The van der Waals surface area contributed by atoms with Crippen molar-refractivity contribution in [1.82, 2.24) is 5.32 Å². The molecule has 1 atom stereocenters. The number of methoxy groups -OCH3 is 1. The van der Waals surface area contributed by atoms with Crippen molar-refractivity contribution < 1.29 is 9.53 Å². The van der Waals surface area contributed by atoms with Gasteiger partial charge < -0.3 is 10.1 Å². The van der Waals surface area contributed by atoms with Gasteiger partial charge in [0.25, 0.3) is 0 Å². The summed E-state index contributed by atoms with van der Waals surface area (Å²) < 4.78 is 5.06. The van der Waals surface area contributed by atoms with Gasteiger partial charge in [0.05, 0.1) is 7.11 Å². The van der Waals surface area contributed by atoms with E-state index >= 15 is 0 Å². The Morgan fingerprint density at radius 3 is 2.61 bits per heavy atom. The van der Waals surface area contributed by atoms with Crippen LogP contribution in [0, 0.1) is 5.92 Å². The summed E-state index contributed by atoms with van der Waals surface area (Å²) in [7, 11) is 1.50. The molecule has 0 aromatic carbocycles. The summed E-state index contributed by atoms with van der Waals surface area (Å²) in [6.45, 7) is 5.22. The number of ether oxygens (including phenoxy) is 1. The number of carbonyl (C=O) groups is 1. The lowest BCUT2D eigenvalue weighted by Gasteiger charge is -2.32. The maximum absolute atomic E-state index is 12.2. The Kier molecular flexibility index (Phi) is 7.08. The Labute approximate surface area is 115 Å². The molecule has 1 aliphatic carbocycles. The standard InChI is InChI=1S/C14H27NO2S/c1-4-6-10-18-11-14(12-7-8-12,13(16)17-3)15-9-5-2/h12,15H,4-11H2,1-3H3. The molecule has 0 bridgehead atoms. The SMILES string of the molecule is CCCCSCC(NCCC)(C(=O)OC)C1CC1. The molecule has 1 rings (SSSR count). The quantitative estimate of drug-likeness (QED) is 0.491. The van der Waals surface area contributed by atoms with Crippen LogP contribution < -0.4 is 5.32 Å². The fourth-order valence-corrected chi connectivity index (χ4v) is 3.61. The fourth-order valence-electron chi connectivity index (χ4n) is 2.20. The molecule has 0 aromatic rings. The molecule has 0 aromatic heterocycles. The number of hydrogen-bond donors (Lipinski definition) is 1. The highest BCUT2D eigenvalue weighted by atomic mass is 32.2. The molecule has 1 aliphatic rings. The zero-order chi connectivity index (χ0) is 13.4. The van der Waals surface area contributed by atoms with E-state index in [0.717, 1.165) is 37.3 Å². The van der Waals surface area contributed by atoms with E-state index in [4.69, 9.17) is 4.74 Å². The van der Waals surface area contributed by atoms with Gasteiger partial charge in [-0.3, -0.25) is 4.79 Å². The second-order valence-corrected chi connectivity index (χ2v) is 6.18. The summed E-state index contributed by atoms with van der Waals surface area (Å²) in [5, 5.41) is 3.48. The minimum absolute atomic E-state index is 0.0672. The zero-order valence-corrected chi connectivity index (χ0v) is 12.8. The minimum atomic E-state index is -0.427. The van der Waals surface area contributed by atoms with Crippen LogP contribution in [0.5, 0.6) is 0 Å². The molecule has 1 unspecified atom stereocenters. The molecule has 3 nitrogen and oxygen atoms in total. The second kappa shape index (κ2) is 8.05. The van der Waals surface area contributed by atoms with Gasteiger partial charge in [-0.2, -0.15) is 11.8 Å². The number of thioether (sulfide) groups is 1. The molecular weight excluding hydrogens is 246 g/mol. The Bertz CT molecular complexity index is 256. The van der Waals surface area contributed by atoms with Gasteiger partial charge in [0, 0.05) is 5.75 Å². The number of rotatable bonds is 10. The van der Waals surface area contributed by atoms with Crippen LogP contribution in [0.25, 0.3) is 0 Å². The molecule has 1 fully saturated rings. The molecule has 18 heavy (non-hydrogen) atoms. The first-order chi connectivity index (χ1) is 8.71. The van der Waals surface area contributed by atoms with E-state index < -0.39 is 5.54 Å². The van der Waals surface area contributed by atoms with Crippen LogP contribution in [-0.2, 0) is 9.53 Å². The van der Waals surface area contributed by atoms with E-state index in [1.54, 1.807) is 0 Å². The Morgan fingerprint density at radius 1 is 1.39 bits per heavy atom. The summed E-state index contributed by atoms with van der Waals surface area (Å²) in [6.07, 6.45) is 5.79. The molecule has 0 amide bonds. The van der Waals surface area contributed by atoms with E-state index in [0.29, 0.717) is 5.92 Å². The van der Waals surface area contributed by atoms with Crippen molar-refractivity contribution in [2.24, 2.45) is 5.92 Å². The van der Waals surface area contributed by atoms with Crippen LogP contribution in [0.1, 0.15) is 46.0 Å². The van der Waals surface area contributed by atoms with Crippen molar-refractivity contribution in [2.45, 2.75) is 51.5 Å². The highest BCUT2D eigenvalue weighted by Gasteiger charge is 2.51. The van der Waals surface area contributed by atoms with Crippen LogP contribution in [0.3, 0.4) is 0 Å². The molecule has 0 spiro atoms. The van der Waals surface area contributed by atoms with Gasteiger partial charge in [0.2, 0.25) is 0 Å². The van der Waals surface area contributed by atoms with Gasteiger partial charge in [0.15, 0.2) is 0 Å². The first kappa shape index (κ1) is 15.8. The maximum Gasteiger partial charge on any atom is 0.327 e. The van der Waals surface area contributed by atoms with Crippen molar-refractivity contribution in [2.75, 3.05) is 25.2 Å². The molecule has 1 N–H and O–H groups in total. The van der Waals surface area contributed by atoms with E-state index in [1.807, 2.05) is 11.8 Å². The predicted molar refractivity (Wildman–Crippen MR) is 78.0 cm³/mol. The van der Waals surface area contributed by atoms with Gasteiger partial charge in [-0.1, -0.05) is 20.3 Å². The third-order valence-electron chi connectivity index (χ3n) is 3.49. The lowest BCUT2D eigenvalue weighted by Crippen LogP contribution is -2.57. The molecule has 0 radical (unpaired) electrons. The highest BCUT2D eigenvalue weighted by Crippen LogP contribution is 2.42. The summed E-state index contributed by atoms with van der Waals surface area (Å²) >= 11 is 1.88. The molecule has 0 saturated heterocycles. The van der Waals surface area contributed by atoms with Crippen molar-refractivity contribution in [1.29, 1.82) is 0 Å². The molecule has 1 saturated carbocycles. The van der Waals surface area contributed by atoms with E-state index in [1.165, 1.54) is 20.0 Å². The average Bonchev–Trinajstić information content (AvgIpc) is 3.22. The van der Waals surface area contributed by atoms with E-state index in [9.17, 15) is 4.79 Å². The summed E-state index contributed by atoms with van der Waals surface area (Å²) in [5.41, 5.74) is -0.427. The number of hydrogen-bond acceptors (Lipinski definition) is 4. The lowest BCUT2D eigenvalue weighted by atomic mass is 9.95. The maximum atomic E-state index is 12.2. The van der Waals surface area contributed by atoms with Crippen LogP contribution in [0.2, 0.25) is 0 Å². The largest absolute Gasteiger partial charge is 0.468 e. The number of nitrogens with one attached hydrogen (secondary N) is 1. The third-order valence-corrected chi connectivity index (χ3v) is 4.72. The smallest absolute Gasteiger partial charge is 0.327 e. The summed E-state index contributed by atoms with van der Waals surface area (Å²) in [6, 6.07) is 0. The third kappa shape index (κ3) is 4.16. The zero-order valence-electron chi connectivity index (χ0n) is 12.0. The monoisotopic (exact) mass is 273 g/mol. The topological polar surface area (TPSA) is 38.3 Å². The van der Waals surface area contributed by atoms with Gasteiger partial charge >= 0.3 is 5.97 Å². The van der Waals surface area contributed by atoms with Crippen LogP contribution in [0.4, 0.5) is 0 Å². The first-order valence-corrected chi connectivity index (χ1v) is 8.28. The predicted octanol–water partition coefficient (Wildman–Crippen LogP) is 2.84. The number of unbranched alkanes of at least 4 members (excludes halogenated alkanes) is 1. The number of esters is 1. The van der Waals surface area contributed by atoms with Gasteiger partial charge in [-0.05, 0) is 43.9 Å². The minimum Gasteiger partial charge on any atom is -0.468 e. The van der Waals surface area contributed by atoms with Crippen molar-refractivity contribution in [3.05, 3.63) is 0 Å². The van der Waals surface area contributed by atoms with E-state index in [2.05, 4.69) is 19.2 Å². The number of carbonyl (C=O) groups excluding carboxylic acids is 1. The molecule has 106 valence electrons. The Balaban J connectivity index is 2.60.